The number of hydrogen-bond acceptors (Lipinski definition) is 2. The van der Waals surface area contributed by atoms with Crippen molar-refractivity contribution in [2.45, 2.75) is 31.5 Å². The van der Waals surface area contributed by atoms with Crippen LogP contribution in [0.4, 0.5) is 0 Å². The topological polar surface area (TPSA) is 29.5 Å². The lowest BCUT2D eigenvalue weighted by atomic mass is 10.0. The second-order valence-electron chi connectivity index (χ2n) is 5.24. The zero-order chi connectivity index (χ0) is 13.9. The maximum atomic E-state index is 10.3. The van der Waals surface area contributed by atoms with Crippen LogP contribution in [0.3, 0.4) is 0 Å². The van der Waals surface area contributed by atoms with E-state index in [0.29, 0.717) is 17.5 Å². The third-order valence-electron chi connectivity index (χ3n) is 3.41. The number of aliphatic hydroxyl groups is 1. The van der Waals surface area contributed by atoms with Crippen LogP contribution in [0, 0.1) is 0 Å². The van der Waals surface area contributed by atoms with E-state index in [0.717, 1.165) is 29.7 Å². The fourth-order valence-corrected chi connectivity index (χ4v) is 2.26. The summed E-state index contributed by atoms with van der Waals surface area (Å²) in [6.45, 7) is 0. The van der Waals surface area contributed by atoms with Crippen LogP contribution < -0.4 is 4.74 Å². The summed E-state index contributed by atoms with van der Waals surface area (Å²) in [5.41, 5.74) is 1.95. The SMILES string of the molecule is OC(Cc1ccc(Cl)cc1)c1cccc(OC2CC2)c1. The molecule has 0 spiro atoms. The first-order valence-corrected chi connectivity index (χ1v) is 7.27. The molecule has 104 valence electrons. The van der Waals surface area contributed by atoms with Gasteiger partial charge in [-0.25, -0.2) is 0 Å². The fraction of sp³-hybridized carbons (Fsp3) is 0.294. The van der Waals surface area contributed by atoms with Crippen LogP contribution in [-0.2, 0) is 6.42 Å². The van der Waals surface area contributed by atoms with Gasteiger partial charge in [-0.05, 0) is 48.2 Å². The summed E-state index contributed by atoms with van der Waals surface area (Å²) in [6.07, 6.45) is 2.69. The molecule has 1 fully saturated rings. The summed E-state index contributed by atoms with van der Waals surface area (Å²) < 4.78 is 5.75. The first-order valence-electron chi connectivity index (χ1n) is 6.90. The summed E-state index contributed by atoms with van der Waals surface area (Å²) in [6, 6.07) is 15.3. The van der Waals surface area contributed by atoms with E-state index in [4.69, 9.17) is 16.3 Å². The lowest BCUT2D eigenvalue weighted by Crippen LogP contribution is -2.03. The monoisotopic (exact) mass is 288 g/mol. The third kappa shape index (κ3) is 3.53. The Bertz CT molecular complexity index is 576. The van der Waals surface area contributed by atoms with Gasteiger partial charge in [-0.3, -0.25) is 0 Å². The highest BCUT2D eigenvalue weighted by atomic mass is 35.5. The van der Waals surface area contributed by atoms with Gasteiger partial charge >= 0.3 is 0 Å². The summed E-state index contributed by atoms with van der Waals surface area (Å²) >= 11 is 5.86. The van der Waals surface area contributed by atoms with Crippen LogP contribution in [0.2, 0.25) is 5.02 Å². The molecule has 2 aromatic carbocycles. The van der Waals surface area contributed by atoms with E-state index in [2.05, 4.69) is 0 Å². The standard InChI is InChI=1S/C17H17ClO2/c18-14-6-4-12(5-7-14)10-17(19)13-2-1-3-16(11-13)20-15-8-9-15/h1-7,11,15,17,19H,8-10H2. The van der Waals surface area contributed by atoms with Gasteiger partial charge < -0.3 is 9.84 Å². The van der Waals surface area contributed by atoms with Gasteiger partial charge in [0.05, 0.1) is 12.2 Å². The largest absolute Gasteiger partial charge is 0.490 e. The number of ether oxygens (including phenoxy) is 1. The Hall–Kier alpha value is -1.51. The van der Waals surface area contributed by atoms with Crippen LogP contribution in [0.25, 0.3) is 0 Å². The highest BCUT2D eigenvalue weighted by Crippen LogP contribution is 2.29. The van der Waals surface area contributed by atoms with E-state index in [-0.39, 0.29) is 0 Å². The van der Waals surface area contributed by atoms with Crippen molar-refractivity contribution in [2.75, 3.05) is 0 Å². The van der Waals surface area contributed by atoms with Crippen molar-refractivity contribution in [1.29, 1.82) is 0 Å². The normalized spacial score (nSPS) is 15.9. The Kier molecular flexibility index (Phi) is 3.95. The van der Waals surface area contributed by atoms with Gasteiger partial charge in [0.15, 0.2) is 0 Å². The van der Waals surface area contributed by atoms with Gasteiger partial charge in [0.2, 0.25) is 0 Å². The smallest absolute Gasteiger partial charge is 0.120 e. The molecule has 0 heterocycles. The maximum absolute atomic E-state index is 10.3. The molecule has 1 saturated carbocycles. The van der Waals surface area contributed by atoms with Crippen LogP contribution in [-0.4, -0.2) is 11.2 Å². The molecule has 0 bridgehead atoms. The van der Waals surface area contributed by atoms with E-state index in [1.54, 1.807) is 0 Å². The quantitative estimate of drug-likeness (QED) is 0.895. The van der Waals surface area contributed by atoms with Crippen LogP contribution in [0.5, 0.6) is 5.75 Å². The van der Waals surface area contributed by atoms with E-state index >= 15 is 0 Å². The predicted octanol–water partition coefficient (Wildman–Crippen LogP) is 4.16. The van der Waals surface area contributed by atoms with Gasteiger partial charge in [0.1, 0.15) is 5.75 Å². The lowest BCUT2D eigenvalue weighted by Gasteiger charge is -2.13. The first-order chi connectivity index (χ1) is 9.70. The van der Waals surface area contributed by atoms with Gasteiger partial charge in [-0.1, -0.05) is 35.9 Å². The second-order valence-corrected chi connectivity index (χ2v) is 5.67. The number of hydrogen-bond donors (Lipinski definition) is 1. The molecule has 0 aromatic heterocycles. The molecule has 0 saturated heterocycles. The van der Waals surface area contributed by atoms with Crippen molar-refractivity contribution in [2.24, 2.45) is 0 Å². The van der Waals surface area contributed by atoms with Gasteiger partial charge in [0, 0.05) is 11.4 Å². The third-order valence-corrected chi connectivity index (χ3v) is 3.66. The van der Waals surface area contributed by atoms with Crippen molar-refractivity contribution >= 4 is 11.6 Å². The Labute approximate surface area is 124 Å². The summed E-state index contributed by atoms with van der Waals surface area (Å²) in [4.78, 5) is 0. The molecule has 1 unspecified atom stereocenters. The van der Waals surface area contributed by atoms with Crippen LogP contribution in [0.1, 0.15) is 30.1 Å². The molecule has 2 nitrogen and oxygen atoms in total. The molecule has 3 rings (SSSR count). The molecule has 1 atom stereocenters. The molecular weight excluding hydrogens is 272 g/mol. The molecule has 1 aliphatic carbocycles. The van der Waals surface area contributed by atoms with Crippen molar-refractivity contribution in [3.63, 3.8) is 0 Å². The van der Waals surface area contributed by atoms with Crippen molar-refractivity contribution < 1.29 is 9.84 Å². The minimum Gasteiger partial charge on any atom is -0.490 e. The Morgan fingerprint density at radius 3 is 2.60 bits per heavy atom. The molecule has 2 aromatic rings. The molecular formula is C17H17ClO2. The minimum absolute atomic E-state index is 0.374. The highest BCUT2D eigenvalue weighted by molar-refractivity contribution is 6.30. The molecule has 0 amide bonds. The highest BCUT2D eigenvalue weighted by Gasteiger charge is 2.23. The van der Waals surface area contributed by atoms with E-state index in [1.807, 2.05) is 48.5 Å². The van der Waals surface area contributed by atoms with Crippen LogP contribution >= 0.6 is 11.6 Å². The summed E-state index contributed by atoms with van der Waals surface area (Å²) in [7, 11) is 0. The molecule has 0 radical (unpaired) electrons. The first kappa shape index (κ1) is 13.5. The molecule has 3 heteroatoms. The molecule has 20 heavy (non-hydrogen) atoms. The average molecular weight is 289 g/mol. The summed E-state index contributed by atoms with van der Waals surface area (Å²) in [5.74, 6) is 0.847. The lowest BCUT2D eigenvalue weighted by molar-refractivity contribution is 0.177. The molecule has 0 aliphatic heterocycles. The number of rotatable bonds is 5. The predicted molar refractivity (Wildman–Crippen MR) is 80.2 cm³/mol. The van der Waals surface area contributed by atoms with Crippen molar-refractivity contribution in [3.05, 3.63) is 64.7 Å². The van der Waals surface area contributed by atoms with Crippen LogP contribution in [0.15, 0.2) is 48.5 Å². The number of aliphatic hydroxyl groups excluding tert-OH is 1. The number of benzene rings is 2. The maximum Gasteiger partial charge on any atom is 0.120 e. The minimum atomic E-state index is -0.529. The Morgan fingerprint density at radius 2 is 1.90 bits per heavy atom. The summed E-state index contributed by atoms with van der Waals surface area (Å²) in [5, 5.41) is 11.0. The van der Waals surface area contributed by atoms with Crippen molar-refractivity contribution in [1.82, 2.24) is 0 Å². The fourth-order valence-electron chi connectivity index (χ4n) is 2.14. The van der Waals surface area contributed by atoms with Gasteiger partial charge in [-0.2, -0.15) is 0 Å². The number of halogens is 1. The van der Waals surface area contributed by atoms with E-state index < -0.39 is 6.10 Å². The average Bonchev–Trinajstić information content (AvgIpc) is 3.25. The van der Waals surface area contributed by atoms with E-state index in [1.165, 1.54) is 0 Å². The van der Waals surface area contributed by atoms with E-state index in [9.17, 15) is 5.11 Å². The van der Waals surface area contributed by atoms with Gasteiger partial charge in [0.25, 0.3) is 0 Å². The zero-order valence-corrected chi connectivity index (χ0v) is 11.9. The van der Waals surface area contributed by atoms with Gasteiger partial charge in [-0.15, -0.1) is 0 Å². The molecule has 1 aliphatic rings. The Balaban J connectivity index is 1.69. The second kappa shape index (κ2) is 5.86. The zero-order valence-electron chi connectivity index (χ0n) is 11.1. The molecule has 1 N–H and O–H groups in total. The Morgan fingerprint density at radius 1 is 1.15 bits per heavy atom. The van der Waals surface area contributed by atoms with Crippen molar-refractivity contribution in [3.8, 4) is 5.75 Å².